The highest BCUT2D eigenvalue weighted by Gasteiger charge is 2.39. The summed E-state index contributed by atoms with van der Waals surface area (Å²) in [4.78, 5) is 2.66. The standard InChI is InChI=1S/C8H15N.CH5N/c1-8-4-2-6-9(8)7-3-5-8;1-2/h2-7H2,1H3;2H2,1H3. The Labute approximate surface area is 69.8 Å². The minimum Gasteiger partial charge on any atom is -0.333 e. The Kier molecular flexibility index (Phi) is 2.90. The SMILES string of the molecule is CC12CCCN1CCC2.CN. The van der Waals surface area contributed by atoms with Crippen LogP contribution in [0.1, 0.15) is 32.6 Å². The van der Waals surface area contributed by atoms with E-state index in [1.165, 1.54) is 45.8 Å². The predicted molar refractivity (Wildman–Crippen MR) is 48.6 cm³/mol. The summed E-state index contributed by atoms with van der Waals surface area (Å²) in [5.74, 6) is 0. The highest BCUT2D eigenvalue weighted by molar-refractivity contribution is 4.96. The largest absolute Gasteiger partial charge is 0.333 e. The maximum Gasteiger partial charge on any atom is 0.0182 e. The molecule has 2 heterocycles. The molecular weight excluding hydrogens is 136 g/mol. The molecule has 2 N–H and O–H groups in total. The molecule has 2 rings (SSSR count). The first-order chi connectivity index (χ1) is 5.31. The molecule has 0 aromatic carbocycles. The van der Waals surface area contributed by atoms with Gasteiger partial charge < -0.3 is 5.73 Å². The lowest BCUT2D eigenvalue weighted by Crippen LogP contribution is -2.34. The van der Waals surface area contributed by atoms with Crippen LogP contribution in [-0.2, 0) is 0 Å². The van der Waals surface area contributed by atoms with Gasteiger partial charge in [0.1, 0.15) is 0 Å². The van der Waals surface area contributed by atoms with Gasteiger partial charge in [0.2, 0.25) is 0 Å². The van der Waals surface area contributed by atoms with Crippen molar-refractivity contribution in [1.82, 2.24) is 4.90 Å². The van der Waals surface area contributed by atoms with E-state index < -0.39 is 0 Å². The van der Waals surface area contributed by atoms with E-state index in [0.717, 1.165) is 0 Å². The molecule has 0 aromatic rings. The quantitative estimate of drug-likeness (QED) is 0.571. The highest BCUT2D eigenvalue weighted by Crippen LogP contribution is 2.37. The Hall–Kier alpha value is -0.0800. The predicted octanol–water partition coefficient (Wildman–Crippen LogP) is 1.21. The second-order valence-corrected chi connectivity index (χ2v) is 3.69. The summed E-state index contributed by atoms with van der Waals surface area (Å²) in [5.41, 5.74) is 5.14. The second kappa shape index (κ2) is 3.55. The molecule has 2 aliphatic rings. The molecule has 0 aromatic heterocycles. The Morgan fingerprint density at radius 2 is 1.55 bits per heavy atom. The van der Waals surface area contributed by atoms with Crippen molar-refractivity contribution in [2.24, 2.45) is 5.73 Å². The second-order valence-electron chi connectivity index (χ2n) is 3.69. The summed E-state index contributed by atoms with van der Waals surface area (Å²) in [5, 5.41) is 0. The molecule has 0 amide bonds. The van der Waals surface area contributed by atoms with E-state index in [2.05, 4.69) is 17.6 Å². The molecule has 0 atom stereocenters. The third kappa shape index (κ3) is 1.57. The van der Waals surface area contributed by atoms with Gasteiger partial charge in [0.15, 0.2) is 0 Å². The Morgan fingerprint density at radius 1 is 1.09 bits per heavy atom. The van der Waals surface area contributed by atoms with Gasteiger partial charge in [-0.05, 0) is 52.7 Å². The van der Waals surface area contributed by atoms with Crippen LogP contribution in [0.25, 0.3) is 0 Å². The summed E-state index contributed by atoms with van der Waals surface area (Å²) in [6, 6.07) is 0. The van der Waals surface area contributed by atoms with E-state index in [0.29, 0.717) is 5.54 Å². The molecule has 2 nitrogen and oxygen atoms in total. The van der Waals surface area contributed by atoms with E-state index in [-0.39, 0.29) is 0 Å². The molecule has 0 aliphatic carbocycles. The van der Waals surface area contributed by atoms with Crippen LogP contribution in [0.3, 0.4) is 0 Å². The van der Waals surface area contributed by atoms with E-state index in [1.807, 2.05) is 0 Å². The molecule has 0 unspecified atom stereocenters. The van der Waals surface area contributed by atoms with Gasteiger partial charge in [0.25, 0.3) is 0 Å². The maximum absolute atomic E-state index is 4.50. The number of hydrogen-bond acceptors (Lipinski definition) is 2. The molecule has 11 heavy (non-hydrogen) atoms. The molecule has 0 bridgehead atoms. The van der Waals surface area contributed by atoms with Crippen molar-refractivity contribution in [2.45, 2.75) is 38.1 Å². The van der Waals surface area contributed by atoms with Crippen LogP contribution in [0.4, 0.5) is 0 Å². The number of fused-ring (bicyclic) bond motifs is 1. The molecule has 2 saturated heterocycles. The fraction of sp³-hybridized carbons (Fsp3) is 1.00. The van der Waals surface area contributed by atoms with Gasteiger partial charge in [0.05, 0.1) is 0 Å². The third-order valence-corrected chi connectivity index (χ3v) is 3.05. The van der Waals surface area contributed by atoms with Crippen molar-refractivity contribution in [3.05, 3.63) is 0 Å². The summed E-state index contributed by atoms with van der Waals surface area (Å²) in [6.45, 7) is 5.17. The smallest absolute Gasteiger partial charge is 0.0182 e. The van der Waals surface area contributed by atoms with E-state index in [1.54, 1.807) is 0 Å². The van der Waals surface area contributed by atoms with Crippen LogP contribution in [0.5, 0.6) is 0 Å². The molecule has 0 saturated carbocycles. The molecule has 66 valence electrons. The first kappa shape index (κ1) is 9.01. The van der Waals surface area contributed by atoms with E-state index in [4.69, 9.17) is 0 Å². The Bertz CT molecular complexity index is 113. The average molecular weight is 156 g/mol. The molecular formula is C9H20N2. The molecule has 0 radical (unpaired) electrons. The lowest BCUT2D eigenvalue weighted by Gasteiger charge is -2.26. The third-order valence-electron chi connectivity index (χ3n) is 3.05. The number of rotatable bonds is 0. The van der Waals surface area contributed by atoms with Crippen molar-refractivity contribution in [2.75, 3.05) is 20.1 Å². The van der Waals surface area contributed by atoms with Crippen molar-refractivity contribution < 1.29 is 0 Å². The zero-order valence-electron chi connectivity index (χ0n) is 7.77. The monoisotopic (exact) mass is 156 g/mol. The zero-order valence-corrected chi connectivity index (χ0v) is 7.77. The van der Waals surface area contributed by atoms with Gasteiger partial charge in [-0.1, -0.05) is 0 Å². The zero-order chi connectivity index (χ0) is 8.32. The van der Waals surface area contributed by atoms with Gasteiger partial charge in [-0.2, -0.15) is 0 Å². The van der Waals surface area contributed by atoms with Crippen LogP contribution < -0.4 is 5.73 Å². The van der Waals surface area contributed by atoms with E-state index in [9.17, 15) is 0 Å². The summed E-state index contributed by atoms with van der Waals surface area (Å²) >= 11 is 0. The number of nitrogens with two attached hydrogens (primary N) is 1. The highest BCUT2D eigenvalue weighted by atomic mass is 15.2. The normalized spacial score (nSPS) is 27.5. The lowest BCUT2D eigenvalue weighted by atomic mass is 9.97. The van der Waals surface area contributed by atoms with Gasteiger partial charge >= 0.3 is 0 Å². The number of hydrogen-bond donors (Lipinski definition) is 1. The molecule has 2 fully saturated rings. The number of nitrogens with zero attached hydrogens (tertiary/aromatic N) is 1. The molecule has 0 spiro atoms. The van der Waals surface area contributed by atoms with Gasteiger partial charge in [0, 0.05) is 5.54 Å². The van der Waals surface area contributed by atoms with Crippen LogP contribution >= 0.6 is 0 Å². The molecule has 2 heteroatoms. The molecule has 2 aliphatic heterocycles. The minimum absolute atomic E-state index is 0.639. The van der Waals surface area contributed by atoms with Crippen molar-refractivity contribution in [1.29, 1.82) is 0 Å². The van der Waals surface area contributed by atoms with Crippen molar-refractivity contribution in [3.63, 3.8) is 0 Å². The fourth-order valence-electron chi connectivity index (χ4n) is 2.39. The average Bonchev–Trinajstić information content (AvgIpc) is 2.49. The van der Waals surface area contributed by atoms with Crippen LogP contribution in [0, 0.1) is 0 Å². The topological polar surface area (TPSA) is 29.3 Å². The lowest BCUT2D eigenvalue weighted by molar-refractivity contribution is 0.218. The Morgan fingerprint density at radius 3 is 1.91 bits per heavy atom. The van der Waals surface area contributed by atoms with Gasteiger partial charge in [-0.25, -0.2) is 0 Å². The Balaban J connectivity index is 0.000000281. The maximum atomic E-state index is 4.50. The van der Waals surface area contributed by atoms with Crippen molar-refractivity contribution >= 4 is 0 Å². The van der Waals surface area contributed by atoms with Crippen LogP contribution in [-0.4, -0.2) is 30.6 Å². The summed E-state index contributed by atoms with van der Waals surface area (Å²) in [6.07, 6.45) is 5.78. The summed E-state index contributed by atoms with van der Waals surface area (Å²) < 4.78 is 0. The van der Waals surface area contributed by atoms with Gasteiger partial charge in [-0.3, -0.25) is 4.90 Å². The minimum atomic E-state index is 0.639. The summed E-state index contributed by atoms with van der Waals surface area (Å²) in [7, 11) is 1.50. The van der Waals surface area contributed by atoms with E-state index >= 15 is 0 Å². The van der Waals surface area contributed by atoms with Crippen molar-refractivity contribution in [3.8, 4) is 0 Å². The van der Waals surface area contributed by atoms with Gasteiger partial charge in [-0.15, -0.1) is 0 Å². The first-order valence-corrected chi connectivity index (χ1v) is 4.64. The van der Waals surface area contributed by atoms with Crippen LogP contribution in [0.15, 0.2) is 0 Å². The van der Waals surface area contributed by atoms with Crippen LogP contribution in [0.2, 0.25) is 0 Å². The fourth-order valence-corrected chi connectivity index (χ4v) is 2.39. The first-order valence-electron chi connectivity index (χ1n) is 4.64.